The lowest BCUT2D eigenvalue weighted by atomic mass is 9.66. The van der Waals surface area contributed by atoms with E-state index in [9.17, 15) is 24.0 Å². The zero-order valence-corrected chi connectivity index (χ0v) is 18.1. The van der Waals surface area contributed by atoms with Gasteiger partial charge in [0.05, 0.1) is 18.2 Å². The summed E-state index contributed by atoms with van der Waals surface area (Å²) < 4.78 is 5.98. The highest BCUT2D eigenvalue weighted by Gasteiger charge is 2.62. The molecule has 1 spiro atoms. The van der Waals surface area contributed by atoms with Crippen LogP contribution in [-0.2, 0) is 20.7 Å². The molecule has 12 nitrogen and oxygen atoms in total. The van der Waals surface area contributed by atoms with Crippen LogP contribution < -0.4 is 26.2 Å². The molecule has 0 radical (unpaired) electrons. The fraction of sp³-hybridized carbons (Fsp3) is 0.476. The van der Waals surface area contributed by atoms with Crippen molar-refractivity contribution in [1.29, 1.82) is 0 Å². The number of barbiturate groups is 1. The number of nitrogens with zero attached hydrogens (tertiary/aromatic N) is 2. The van der Waals surface area contributed by atoms with Crippen molar-refractivity contribution in [3.05, 3.63) is 23.8 Å². The summed E-state index contributed by atoms with van der Waals surface area (Å²) in [6.07, 6.45) is -0.590. The number of benzene rings is 1. The minimum atomic E-state index is -1.59. The van der Waals surface area contributed by atoms with Gasteiger partial charge in [-0.1, -0.05) is 0 Å². The molecule has 33 heavy (non-hydrogen) atoms. The van der Waals surface area contributed by atoms with Gasteiger partial charge in [0, 0.05) is 31.0 Å². The Morgan fingerprint density at radius 2 is 1.88 bits per heavy atom. The quantitative estimate of drug-likeness (QED) is 0.439. The Morgan fingerprint density at radius 3 is 2.55 bits per heavy atom. The van der Waals surface area contributed by atoms with Gasteiger partial charge < -0.3 is 20.3 Å². The highest BCUT2D eigenvalue weighted by atomic mass is 16.5. The number of fused-ring (bicyclic) bond motifs is 4. The van der Waals surface area contributed by atoms with Gasteiger partial charge in [0.15, 0.2) is 5.41 Å². The lowest BCUT2D eigenvalue weighted by molar-refractivity contribution is -0.153. The first-order chi connectivity index (χ1) is 15.7. The standard InChI is InChI=1S/C21H24N6O6/c1-10-9-27-14-4-3-13(23-20(32)26-6-5-22-19(26)31)7-12(14)8-21(15(27)11(2)33-10)16(28)24-18(30)25-17(21)29/h3-4,7,10-11,15H,5-6,8-9H2,1-2H3,(H,22,31)(H,23,32)(H2,24,25,28,29,30)/t10-,11+,15-/m1/s1. The SMILES string of the molecule is C[C@@H]1CN2c3ccc(NC(=O)N4CCNC4=O)cc3CC3(C(=O)NC(=O)NC3=O)[C@H]2[C@H](C)O1. The molecule has 0 aliphatic carbocycles. The molecule has 4 aliphatic rings. The summed E-state index contributed by atoms with van der Waals surface area (Å²) in [4.78, 5) is 65.4. The lowest BCUT2D eigenvalue weighted by Gasteiger charge is -2.55. The first-order valence-electron chi connectivity index (χ1n) is 10.8. The Bertz CT molecular complexity index is 1070. The smallest absolute Gasteiger partial charge is 0.330 e. The van der Waals surface area contributed by atoms with E-state index in [0.29, 0.717) is 24.3 Å². The van der Waals surface area contributed by atoms with Crippen LogP contribution in [0.15, 0.2) is 18.2 Å². The molecule has 174 valence electrons. The second kappa shape index (κ2) is 7.44. The van der Waals surface area contributed by atoms with E-state index in [4.69, 9.17) is 4.74 Å². The number of amides is 8. The maximum Gasteiger partial charge on any atom is 0.330 e. The molecule has 4 N–H and O–H groups in total. The summed E-state index contributed by atoms with van der Waals surface area (Å²) in [6, 6.07) is 2.72. The Labute approximate surface area is 189 Å². The maximum absolute atomic E-state index is 13.2. The van der Waals surface area contributed by atoms with Crippen LogP contribution in [0.2, 0.25) is 0 Å². The maximum atomic E-state index is 13.2. The molecule has 3 fully saturated rings. The fourth-order valence-corrected chi connectivity index (χ4v) is 5.38. The highest BCUT2D eigenvalue weighted by Crippen LogP contribution is 2.47. The van der Waals surface area contributed by atoms with Gasteiger partial charge >= 0.3 is 18.1 Å². The first-order valence-corrected chi connectivity index (χ1v) is 10.8. The Kier molecular flexibility index (Phi) is 4.78. The van der Waals surface area contributed by atoms with Gasteiger partial charge in [0.1, 0.15) is 0 Å². The molecule has 12 heteroatoms. The van der Waals surface area contributed by atoms with E-state index < -0.39 is 47.5 Å². The van der Waals surface area contributed by atoms with Crippen LogP contribution in [-0.4, -0.2) is 72.7 Å². The summed E-state index contributed by atoms with van der Waals surface area (Å²) in [6.45, 7) is 4.81. The average Bonchev–Trinajstić information content (AvgIpc) is 3.17. The second-order valence-electron chi connectivity index (χ2n) is 8.79. The van der Waals surface area contributed by atoms with Crippen molar-refractivity contribution in [1.82, 2.24) is 20.9 Å². The molecule has 3 saturated heterocycles. The summed E-state index contributed by atoms with van der Waals surface area (Å²) in [5, 5.41) is 9.76. The Hall–Kier alpha value is -3.67. The molecule has 1 aromatic carbocycles. The van der Waals surface area contributed by atoms with Crippen molar-refractivity contribution in [3.63, 3.8) is 0 Å². The number of rotatable bonds is 1. The molecule has 4 aliphatic heterocycles. The monoisotopic (exact) mass is 456 g/mol. The second-order valence-corrected chi connectivity index (χ2v) is 8.79. The van der Waals surface area contributed by atoms with E-state index in [2.05, 4.69) is 21.3 Å². The molecule has 3 atom stereocenters. The molecule has 8 amide bonds. The number of nitrogens with one attached hydrogen (secondary N) is 4. The number of ether oxygens (including phenoxy) is 1. The summed E-state index contributed by atoms with van der Waals surface area (Å²) in [5.74, 6) is -1.35. The topological polar surface area (TPSA) is 149 Å². The molecule has 5 rings (SSSR count). The minimum Gasteiger partial charge on any atom is -0.372 e. The molecule has 0 bridgehead atoms. The van der Waals surface area contributed by atoms with Crippen molar-refractivity contribution in [3.8, 4) is 0 Å². The summed E-state index contributed by atoms with van der Waals surface area (Å²) in [5.41, 5.74) is 0.324. The predicted octanol–water partition coefficient (Wildman–Crippen LogP) is 0.134. The lowest BCUT2D eigenvalue weighted by Crippen LogP contribution is -2.75. The van der Waals surface area contributed by atoms with Gasteiger partial charge in [0.25, 0.3) is 0 Å². The Morgan fingerprint density at radius 1 is 1.15 bits per heavy atom. The third kappa shape index (κ3) is 3.20. The Balaban J connectivity index is 1.54. The van der Waals surface area contributed by atoms with Gasteiger partial charge in [-0.2, -0.15) is 0 Å². The number of carbonyl (C=O) groups excluding carboxylic acids is 5. The van der Waals surface area contributed by atoms with Gasteiger partial charge in [-0.25, -0.2) is 19.3 Å². The van der Waals surface area contributed by atoms with E-state index in [0.717, 1.165) is 10.6 Å². The van der Waals surface area contributed by atoms with Crippen molar-refractivity contribution in [2.45, 2.75) is 38.5 Å². The van der Waals surface area contributed by atoms with Crippen LogP contribution >= 0.6 is 0 Å². The van der Waals surface area contributed by atoms with Crippen molar-refractivity contribution in [2.75, 3.05) is 29.9 Å². The number of imide groups is 3. The number of urea groups is 3. The molecular formula is C21H24N6O6. The average molecular weight is 456 g/mol. The fourth-order valence-electron chi connectivity index (χ4n) is 5.38. The number of carbonyl (C=O) groups is 5. The van der Waals surface area contributed by atoms with Gasteiger partial charge in [-0.15, -0.1) is 0 Å². The predicted molar refractivity (Wildman–Crippen MR) is 115 cm³/mol. The van der Waals surface area contributed by atoms with Crippen LogP contribution in [0.25, 0.3) is 0 Å². The van der Waals surface area contributed by atoms with Crippen LogP contribution in [0.3, 0.4) is 0 Å². The third-order valence-corrected chi connectivity index (χ3v) is 6.66. The van der Waals surface area contributed by atoms with E-state index in [-0.39, 0.29) is 19.1 Å². The molecule has 0 saturated carbocycles. The normalized spacial score (nSPS) is 28.0. The zero-order valence-electron chi connectivity index (χ0n) is 18.1. The third-order valence-electron chi connectivity index (χ3n) is 6.66. The highest BCUT2D eigenvalue weighted by molar-refractivity contribution is 6.20. The van der Waals surface area contributed by atoms with Crippen molar-refractivity contribution < 1.29 is 28.7 Å². The number of anilines is 2. The zero-order chi connectivity index (χ0) is 23.5. The van der Waals surface area contributed by atoms with E-state index in [1.165, 1.54) is 0 Å². The van der Waals surface area contributed by atoms with E-state index >= 15 is 0 Å². The minimum absolute atomic E-state index is 0.0183. The first kappa shape index (κ1) is 21.2. The molecule has 0 unspecified atom stereocenters. The number of morpholine rings is 1. The van der Waals surface area contributed by atoms with E-state index in [1.54, 1.807) is 12.1 Å². The van der Waals surface area contributed by atoms with Gasteiger partial charge in [0.2, 0.25) is 11.8 Å². The molecular weight excluding hydrogens is 432 g/mol. The van der Waals surface area contributed by atoms with Gasteiger partial charge in [-0.3, -0.25) is 20.2 Å². The number of hydrogen-bond donors (Lipinski definition) is 4. The molecule has 1 aromatic rings. The van der Waals surface area contributed by atoms with Crippen molar-refractivity contribution >= 4 is 41.3 Å². The summed E-state index contributed by atoms with van der Waals surface area (Å²) >= 11 is 0. The summed E-state index contributed by atoms with van der Waals surface area (Å²) in [7, 11) is 0. The van der Waals surface area contributed by atoms with Crippen LogP contribution in [0.1, 0.15) is 19.4 Å². The molecule has 4 heterocycles. The van der Waals surface area contributed by atoms with E-state index in [1.807, 2.05) is 24.8 Å². The van der Waals surface area contributed by atoms with Gasteiger partial charge in [-0.05, 0) is 44.0 Å². The largest absolute Gasteiger partial charge is 0.372 e. The van der Waals surface area contributed by atoms with Crippen LogP contribution in [0, 0.1) is 5.41 Å². The van der Waals surface area contributed by atoms with Crippen LogP contribution in [0.4, 0.5) is 25.8 Å². The van der Waals surface area contributed by atoms with Crippen LogP contribution in [0.5, 0.6) is 0 Å². The van der Waals surface area contributed by atoms with Crippen molar-refractivity contribution in [2.24, 2.45) is 5.41 Å². The molecule has 0 aromatic heterocycles. The number of hydrogen-bond acceptors (Lipinski definition) is 7.